The molecule has 0 unspecified atom stereocenters. The standard InChI is InChI=1S/C12H15Cl2NO2/c13-9-4-8(11(16)10(14)5-9)6-15-7-12(17)2-1-3-12/h4-5,15-17H,1-3,6-7H2. The third kappa shape index (κ3) is 3.05. The molecule has 0 radical (unpaired) electrons. The number of halogens is 2. The highest BCUT2D eigenvalue weighted by atomic mass is 35.5. The van der Waals surface area contributed by atoms with Gasteiger partial charge in [-0.15, -0.1) is 0 Å². The number of phenols is 1. The Bertz CT molecular complexity index is 419. The van der Waals surface area contributed by atoms with Gasteiger partial charge in [0.15, 0.2) is 0 Å². The van der Waals surface area contributed by atoms with Crippen LogP contribution in [0.2, 0.25) is 10.0 Å². The predicted molar refractivity (Wildman–Crippen MR) is 68.6 cm³/mol. The molecule has 5 heteroatoms. The summed E-state index contributed by atoms with van der Waals surface area (Å²) in [5.41, 5.74) is 0.0725. The van der Waals surface area contributed by atoms with Gasteiger partial charge in [0.1, 0.15) is 5.75 Å². The predicted octanol–water partition coefficient (Wildman–Crippen LogP) is 2.70. The minimum Gasteiger partial charge on any atom is -0.506 e. The second-order valence-corrected chi connectivity index (χ2v) is 5.42. The maximum Gasteiger partial charge on any atom is 0.138 e. The van der Waals surface area contributed by atoms with Gasteiger partial charge in [0.2, 0.25) is 0 Å². The van der Waals surface area contributed by atoms with Crippen LogP contribution < -0.4 is 5.32 Å². The lowest BCUT2D eigenvalue weighted by Crippen LogP contribution is -2.45. The lowest BCUT2D eigenvalue weighted by atomic mass is 9.80. The Labute approximate surface area is 110 Å². The van der Waals surface area contributed by atoms with E-state index in [4.69, 9.17) is 23.2 Å². The Morgan fingerprint density at radius 3 is 2.59 bits per heavy atom. The number of benzene rings is 1. The molecule has 0 saturated heterocycles. The lowest BCUT2D eigenvalue weighted by molar-refractivity contribution is -0.0315. The first kappa shape index (κ1) is 13.0. The minimum absolute atomic E-state index is 0.0455. The summed E-state index contributed by atoms with van der Waals surface area (Å²) in [5, 5.41) is 23.5. The van der Waals surface area contributed by atoms with Crippen LogP contribution in [0.4, 0.5) is 0 Å². The van der Waals surface area contributed by atoms with E-state index in [1.807, 2.05) is 0 Å². The molecule has 1 aliphatic carbocycles. The summed E-state index contributed by atoms with van der Waals surface area (Å²) in [4.78, 5) is 0. The molecule has 0 aliphatic heterocycles. The summed E-state index contributed by atoms with van der Waals surface area (Å²) in [6.07, 6.45) is 2.75. The number of aromatic hydroxyl groups is 1. The van der Waals surface area contributed by atoms with E-state index < -0.39 is 5.60 Å². The van der Waals surface area contributed by atoms with Gasteiger partial charge in [0, 0.05) is 23.7 Å². The molecule has 3 N–H and O–H groups in total. The van der Waals surface area contributed by atoms with Crippen molar-refractivity contribution in [2.24, 2.45) is 0 Å². The van der Waals surface area contributed by atoms with Crippen LogP contribution in [0.1, 0.15) is 24.8 Å². The molecular weight excluding hydrogens is 261 g/mol. The van der Waals surface area contributed by atoms with Crippen molar-refractivity contribution >= 4 is 23.2 Å². The average Bonchev–Trinajstić information content (AvgIpc) is 2.22. The fourth-order valence-corrected chi connectivity index (χ4v) is 2.48. The first-order chi connectivity index (χ1) is 8.00. The molecule has 2 rings (SSSR count). The first-order valence-electron chi connectivity index (χ1n) is 5.60. The average molecular weight is 276 g/mol. The van der Waals surface area contributed by atoms with Crippen molar-refractivity contribution in [3.05, 3.63) is 27.7 Å². The van der Waals surface area contributed by atoms with E-state index in [9.17, 15) is 10.2 Å². The van der Waals surface area contributed by atoms with Gasteiger partial charge in [0.25, 0.3) is 0 Å². The molecule has 1 aliphatic rings. The van der Waals surface area contributed by atoms with Crippen molar-refractivity contribution < 1.29 is 10.2 Å². The number of aliphatic hydroxyl groups is 1. The molecule has 94 valence electrons. The van der Waals surface area contributed by atoms with Gasteiger partial charge in [-0.2, -0.15) is 0 Å². The van der Waals surface area contributed by atoms with Gasteiger partial charge < -0.3 is 15.5 Å². The van der Waals surface area contributed by atoms with Gasteiger partial charge in [-0.3, -0.25) is 0 Å². The van der Waals surface area contributed by atoms with Crippen LogP contribution in [0.3, 0.4) is 0 Å². The summed E-state index contributed by atoms with van der Waals surface area (Å²) in [6.45, 7) is 0.963. The largest absolute Gasteiger partial charge is 0.506 e. The topological polar surface area (TPSA) is 52.5 Å². The van der Waals surface area contributed by atoms with Crippen LogP contribution in [-0.4, -0.2) is 22.4 Å². The van der Waals surface area contributed by atoms with Gasteiger partial charge in [-0.25, -0.2) is 0 Å². The summed E-state index contributed by atoms with van der Waals surface area (Å²) in [6, 6.07) is 3.17. The Morgan fingerprint density at radius 1 is 1.29 bits per heavy atom. The van der Waals surface area contributed by atoms with Crippen molar-refractivity contribution in [1.29, 1.82) is 0 Å². The van der Waals surface area contributed by atoms with Crippen LogP contribution >= 0.6 is 23.2 Å². The van der Waals surface area contributed by atoms with Gasteiger partial charge in [-0.1, -0.05) is 23.2 Å². The molecular formula is C12H15Cl2NO2. The van der Waals surface area contributed by atoms with E-state index in [1.54, 1.807) is 6.07 Å². The molecule has 1 aromatic rings. The maximum atomic E-state index is 9.89. The van der Waals surface area contributed by atoms with Crippen molar-refractivity contribution in [3.8, 4) is 5.75 Å². The third-order valence-corrected chi connectivity index (χ3v) is 3.67. The van der Waals surface area contributed by atoms with Crippen molar-refractivity contribution in [3.63, 3.8) is 0 Å². The maximum absolute atomic E-state index is 9.89. The van der Waals surface area contributed by atoms with Crippen LogP contribution in [0.25, 0.3) is 0 Å². The molecule has 0 spiro atoms. The Balaban J connectivity index is 1.94. The molecule has 0 bridgehead atoms. The SMILES string of the molecule is Oc1c(Cl)cc(Cl)cc1CNCC1(O)CCC1. The molecule has 1 saturated carbocycles. The van der Waals surface area contributed by atoms with Crippen molar-refractivity contribution in [2.45, 2.75) is 31.4 Å². The number of hydrogen-bond donors (Lipinski definition) is 3. The summed E-state index contributed by atoms with van der Waals surface area (Å²) < 4.78 is 0. The Morgan fingerprint density at radius 2 is 2.00 bits per heavy atom. The molecule has 3 nitrogen and oxygen atoms in total. The Hall–Kier alpha value is -0.480. The molecule has 0 atom stereocenters. The number of rotatable bonds is 4. The Kier molecular flexibility index (Phi) is 3.83. The van der Waals surface area contributed by atoms with Gasteiger partial charge in [-0.05, 0) is 31.4 Å². The van der Waals surface area contributed by atoms with E-state index in [1.165, 1.54) is 6.07 Å². The van der Waals surface area contributed by atoms with Gasteiger partial charge >= 0.3 is 0 Å². The highest BCUT2D eigenvalue weighted by Crippen LogP contribution is 2.32. The van der Waals surface area contributed by atoms with Crippen LogP contribution in [-0.2, 0) is 6.54 Å². The summed E-state index contributed by atoms with van der Waals surface area (Å²) in [5.74, 6) is 0.0455. The quantitative estimate of drug-likeness (QED) is 0.792. The molecule has 0 aromatic heterocycles. The van der Waals surface area contributed by atoms with Crippen LogP contribution in [0, 0.1) is 0 Å². The summed E-state index contributed by atoms with van der Waals surface area (Å²) >= 11 is 11.7. The van der Waals surface area contributed by atoms with E-state index in [-0.39, 0.29) is 10.8 Å². The lowest BCUT2D eigenvalue weighted by Gasteiger charge is -2.36. The number of phenolic OH excluding ortho intramolecular Hbond substituents is 1. The van der Waals surface area contributed by atoms with E-state index in [0.29, 0.717) is 23.7 Å². The monoisotopic (exact) mass is 275 g/mol. The zero-order chi connectivity index (χ0) is 12.5. The highest BCUT2D eigenvalue weighted by molar-refractivity contribution is 6.35. The zero-order valence-corrected chi connectivity index (χ0v) is 10.9. The fourth-order valence-electron chi connectivity index (χ4n) is 1.95. The first-order valence-corrected chi connectivity index (χ1v) is 6.36. The molecule has 1 fully saturated rings. The van der Waals surface area contributed by atoms with Crippen LogP contribution in [0.5, 0.6) is 5.75 Å². The molecule has 0 amide bonds. The van der Waals surface area contributed by atoms with Gasteiger partial charge in [0.05, 0.1) is 10.6 Å². The van der Waals surface area contributed by atoms with Crippen molar-refractivity contribution in [2.75, 3.05) is 6.54 Å². The smallest absolute Gasteiger partial charge is 0.138 e. The molecule has 0 heterocycles. The van der Waals surface area contributed by atoms with E-state index in [0.717, 1.165) is 19.3 Å². The number of nitrogens with one attached hydrogen (secondary N) is 1. The second-order valence-electron chi connectivity index (χ2n) is 4.58. The van der Waals surface area contributed by atoms with E-state index >= 15 is 0 Å². The van der Waals surface area contributed by atoms with E-state index in [2.05, 4.69) is 5.32 Å². The minimum atomic E-state index is -0.571. The molecule has 1 aromatic carbocycles. The third-order valence-electron chi connectivity index (χ3n) is 3.16. The normalized spacial score (nSPS) is 17.8. The molecule has 17 heavy (non-hydrogen) atoms. The second kappa shape index (κ2) is 5.02. The number of hydrogen-bond acceptors (Lipinski definition) is 3. The fraction of sp³-hybridized carbons (Fsp3) is 0.500. The highest BCUT2D eigenvalue weighted by Gasteiger charge is 2.33. The zero-order valence-electron chi connectivity index (χ0n) is 9.34. The van der Waals surface area contributed by atoms with Crippen molar-refractivity contribution in [1.82, 2.24) is 5.32 Å². The summed E-state index contributed by atoms with van der Waals surface area (Å²) in [7, 11) is 0. The van der Waals surface area contributed by atoms with Crippen LogP contribution in [0.15, 0.2) is 12.1 Å².